The van der Waals surface area contributed by atoms with Gasteiger partial charge in [0.05, 0.1) is 16.8 Å². The van der Waals surface area contributed by atoms with E-state index in [1.807, 2.05) is 38.1 Å². The van der Waals surface area contributed by atoms with E-state index in [9.17, 15) is 14.9 Å². The van der Waals surface area contributed by atoms with Crippen molar-refractivity contribution >= 4 is 23.2 Å². The van der Waals surface area contributed by atoms with Crippen LogP contribution in [0.3, 0.4) is 0 Å². The number of pyridine rings is 1. The van der Waals surface area contributed by atoms with Gasteiger partial charge in [0.15, 0.2) is 0 Å². The number of aromatic nitrogens is 1. The number of carbonyl (C=O) groups is 1. The number of nitrogens with zero attached hydrogens (tertiary/aromatic N) is 4. The van der Waals surface area contributed by atoms with Crippen molar-refractivity contribution in [2.75, 3.05) is 36.4 Å². The van der Waals surface area contributed by atoms with E-state index in [2.05, 4.69) is 25.4 Å². The number of nitrogens with one attached hydrogen (secondary N) is 2. The molecule has 30 heavy (non-hydrogen) atoms. The number of urea groups is 1. The number of nitro benzene ring substituents is 1. The summed E-state index contributed by atoms with van der Waals surface area (Å²) in [6, 6.07) is 10.4. The molecule has 9 nitrogen and oxygen atoms in total. The number of amides is 2. The fourth-order valence-electron chi connectivity index (χ4n) is 3.42. The maximum absolute atomic E-state index is 11.8. The van der Waals surface area contributed by atoms with Crippen LogP contribution in [0.4, 0.5) is 22.0 Å². The monoisotopic (exact) mass is 412 g/mol. The fourth-order valence-corrected chi connectivity index (χ4v) is 3.42. The summed E-state index contributed by atoms with van der Waals surface area (Å²) < 4.78 is 0. The molecule has 9 heteroatoms. The quantitative estimate of drug-likeness (QED) is 0.558. The molecule has 1 aliphatic rings. The number of carbonyl (C=O) groups excluding carboxylic acids is 1. The molecule has 0 atom stereocenters. The Morgan fingerprint density at radius 2 is 1.90 bits per heavy atom. The van der Waals surface area contributed by atoms with E-state index in [0.29, 0.717) is 5.69 Å². The molecular weight excluding hydrogens is 384 g/mol. The Bertz CT molecular complexity index is 854. The molecule has 0 unspecified atom stereocenters. The number of rotatable bonds is 6. The largest absolute Gasteiger partial charge is 0.355 e. The molecule has 2 heterocycles. The van der Waals surface area contributed by atoms with Crippen LogP contribution in [0.1, 0.15) is 25.8 Å². The number of anilines is 2. The number of hydrogen-bond acceptors (Lipinski definition) is 6. The van der Waals surface area contributed by atoms with Crippen LogP contribution in [0.25, 0.3) is 0 Å². The average molecular weight is 412 g/mol. The first-order valence-corrected chi connectivity index (χ1v) is 10.1. The van der Waals surface area contributed by atoms with Crippen molar-refractivity contribution < 1.29 is 9.72 Å². The minimum Gasteiger partial charge on any atom is -0.355 e. The van der Waals surface area contributed by atoms with Gasteiger partial charge in [0.25, 0.3) is 5.69 Å². The van der Waals surface area contributed by atoms with E-state index in [4.69, 9.17) is 0 Å². The fraction of sp³-hybridized carbons (Fsp3) is 0.429. The Morgan fingerprint density at radius 1 is 1.13 bits per heavy atom. The third-order valence-electron chi connectivity index (χ3n) is 4.89. The molecule has 0 aliphatic carbocycles. The predicted octanol–water partition coefficient (Wildman–Crippen LogP) is 3.23. The molecule has 0 bridgehead atoms. The molecule has 2 N–H and O–H groups in total. The number of nitro groups is 1. The molecule has 2 amide bonds. The zero-order valence-corrected chi connectivity index (χ0v) is 17.4. The van der Waals surface area contributed by atoms with Crippen LogP contribution in [0.5, 0.6) is 0 Å². The number of non-ortho nitro benzene ring substituents is 1. The molecule has 160 valence electrons. The highest BCUT2D eigenvalue weighted by atomic mass is 16.6. The van der Waals surface area contributed by atoms with Gasteiger partial charge in [0.1, 0.15) is 5.82 Å². The molecule has 1 aromatic carbocycles. The molecule has 1 fully saturated rings. The van der Waals surface area contributed by atoms with E-state index in [1.54, 1.807) is 18.3 Å². The van der Waals surface area contributed by atoms with E-state index >= 15 is 0 Å². The molecule has 2 aromatic rings. The Morgan fingerprint density at radius 3 is 2.53 bits per heavy atom. The first kappa shape index (κ1) is 21.5. The maximum Gasteiger partial charge on any atom is 0.319 e. The minimum absolute atomic E-state index is 0.0725. The number of benzene rings is 1. The zero-order valence-electron chi connectivity index (χ0n) is 17.4. The highest BCUT2D eigenvalue weighted by molar-refractivity contribution is 5.89. The SMILES string of the molecule is CC(C)NC(=O)Nc1ccc(N2CCCN(Cc3ccc([N+](=O)[O-])cc3)CC2)nc1. The van der Waals surface area contributed by atoms with Gasteiger partial charge in [-0.25, -0.2) is 9.78 Å². The van der Waals surface area contributed by atoms with Gasteiger partial charge < -0.3 is 15.5 Å². The summed E-state index contributed by atoms with van der Waals surface area (Å²) in [5.74, 6) is 0.891. The van der Waals surface area contributed by atoms with Crippen molar-refractivity contribution in [3.05, 3.63) is 58.3 Å². The van der Waals surface area contributed by atoms with Gasteiger partial charge >= 0.3 is 6.03 Å². The van der Waals surface area contributed by atoms with Gasteiger partial charge in [-0.3, -0.25) is 15.0 Å². The molecule has 0 radical (unpaired) electrons. The summed E-state index contributed by atoms with van der Waals surface area (Å²) >= 11 is 0. The lowest BCUT2D eigenvalue weighted by atomic mass is 10.2. The lowest BCUT2D eigenvalue weighted by Crippen LogP contribution is -2.34. The number of hydrogen-bond donors (Lipinski definition) is 2. The second-order valence-electron chi connectivity index (χ2n) is 7.70. The standard InChI is InChI=1S/C21H28N6O3/c1-16(2)23-21(28)24-18-6-9-20(22-14-18)26-11-3-10-25(12-13-26)15-17-4-7-19(8-5-17)27(29)30/h4-9,14,16H,3,10-13,15H2,1-2H3,(H2,23,24,28). The molecule has 1 saturated heterocycles. The molecule has 0 spiro atoms. The normalized spacial score (nSPS) is 15.0. The lowest BCUT2D eigenvalue weighted by Gasteiger charge is -2.23. The van der Waals surface area contributed by atoms with Crippen LogP contribution in [0.2, 0.25) is 0 Å². The van der Waals surface area contributed by atoms with Crippen molar-refractivity contribution in [3.8, 4) is 0 Å². The van der Waals surface area contributed by atoms with Crippen LogP contribution in [-0.2, 0) is 6.54 Å². The van der Waals surface area contributed by atoms with Crippen molar-refractivity contribution in [2.24, 2.45) is 0 Å². The van der Waals surface area contributed by atoms with Crippen LogP contribution in [-0.4, -0.2) is 53.1 Å². The highest BCUT2D eigenvalue weighted by Gasteiger charge is 2.17. The van der Waals surface area contributed by atoms with Gasteiger partial charge in [-0.1, -0.05) is 12.1 Å². The molecule has 3 rings (SSSR count). The maximum atomic E-state index is 11.8. The van der Waals surface area contributed by atoms with Crippen LogP contribution >= 0.6 is 0 Å². The van der Waals surface area contributed by atoms with Crippen LogP contribution < -0.4 is 15.5 Å². The van der Waals surface area contributed by atoms with Gasteiger partial charge in [0, 0.05) is 50.9 Å². The highest BCUT2D eigenvalue weighted by Crippen LogP contribution is 2.18. The van der Waals surface area contributed by atoms with E-state index in [1.165, 1.54) is 0 Å². The van der Waals surface area contributed by atoms with E-state index in [-0.39, 0.29) is 22.7 Å². The van der Waals surface area contributed by atoms with Crippen LogP contribution in [0.15, 0.2) is 42.6 Å². The second-order valence-corrected chi connectivity index (χ2v) is 7.70. The van der Waals surface area contributed by atoms with Crippen LogP contribution in [0, 0.1) is 10.1 Å². The van der Waals surface area contributed by atoms with Gasteiger partial charge in [-0.2, -0.15) is 0 Å². The van der Waals surface area contributed by atoms with E-state index in [0.717, 1.165) is 50.5 Å². The summed E-state index contributed by atoms with van der Waals surface area (Å²) in [5.41, 5.74) is 1.85. The summed E-state index contributed by atoms with van der Waals surface area (Å²) in [4.78, 5) is 31.3. The molecule has 1 aromatic heterocycles. The zero-order chi connectivity index (χ0) is 21.5. The Balaban J connectivity index is 1.53. The van der Waals surface area contributed by atoms with Crippen molar-refractivity contribution in [2.45, 2.75) is 32.9 Å². The summed E-state index contributed by atoms with van der Waals surface area (Å²) in [6.45, 7) is 8.19. The average Bonchev–Trinajstić information content (AvgIpc) is 2.94. The lowest BCUT2D eigenvalue weighted by molar-refractivity contribution is -0.384. The summed E-state index contributed by atoms with van der Waals surface area (Å²) in [6.07, 6.45) is 2.68. The Kier molecular flexibility index (Phi) is 7.18. The predicted molar refractivity (Wildman–Crippen MR) is 117 cm³/mol. The third kappa shape index (κ3) is 6.15. The molecular formula is C21H28N6O3. The van der Waals surface area contributed by atoms with Crippen molar-refractivity contribution in [1.29, 1.82) is 0 Å². The first-order chi connectivity index (χ1) is 14.4. The molecule has 1 aliphatic heterocycles. The van der Waals surface area contributed by atoms with Gasteiger partial charge in [0.2, 0.25) is 0 Å². The van der Waals surface area contributed by atoms with Crippen molar-refractivity contribution in [3.63, 3.8) is 0 Å². The topological polar surface area (TPSA) is 104 Å². The van der Waals surface area contributed by atoms with Gasteiger partial charge in [-0.05, 0) is 38.0 Å². The minimum atomic E-state index is -0.377. The summed E-state index contributed by atoms with van der Waals surface area (Å²) in [7, 11) is 0. The third-order valence-corrected chi connectivity index (χ3v) is 4.89. The molecule has 0 saturated carbocycles. The second kappa shape index (κ2) is 10.0. The summed E-state index contributed by atoms with van der Waals surface area (Å²) in [5, 5.41) is 16.4. The van der Waals surface area contributed by atoms with E-state index < -0.39 is 0 Å². The Hall–Kier alpha value is -3.20. The Labute approximate surface area is 176 Å². The smallest absolute Gasteiger partial charge is 0.319 e. The van der Waals surface area contributed by atoms with Crippen molar-refractivity contribution in [1.82, 2.24) is 15.2 Å². The van der Waals surface area contributed by atoms with Gasteiger partial charge in [-0.15, -0.1) is 0 Å². The first-order valence-electron chi connectivity index (χ1n) is 10.1.